The quantitative estimate of drug-likeness (QED) is 0.902. The highest BCUT2D eigenvalue weighted by Gasteiger charge is 2.25. The summed E-state index contributed by atoms with van der Waals surface area (Å²) in [6, 6.07) is 1.62. The van der Waals surface area contributed by atoms with Crippen LogP contribution in [-0.2, 0) is 17.1 Å². The molecule has 1 saturated heterocycles. The summed E-state index contributed by atoms with van der Waals surface area (Å²) in [7, 11) is -1.77. The molecule has 0 unspecified atom stereocenters. The smallest absolute Gasteiger partial charge is 0.242 e. The molecule has 1 atom stereocenters. The lowest BCUT2D eigenvalue weighted by atomic mass is 10.1. The van der Waals surface area contributed by atoms with Crippen LogP contribution < -0.4 is 4.72 Å². The Morgan fingerprint density at radius 2 is 2.22 bits per heavy atom. The molecule has 0 amide bonds. The van der Waals surface area contributed by atoms with E-state index in [-0.39, 0.29) is 10.9 Å². The van der Waals surface area contributed by atoms with Gasteiger partial charge in [-0.05, 0) is 38.9 Å². The molecule has 3 heterocycles. The van der Waals surface area contributed by atoms with E-state index in [0.29, 0.717) is 5.65 Å². The molecule has 1 aliphatic rings. The second kappa shape index (κ2) is 6.18. The number of nitrogens with zero attached hydrogens (tertiary/aromatic N) is 4. The van der Waals surface area contributed by atoms with Gasteiger partial charge >= 0.3 is 0 Å². The van der Waals surface area contributed by atoms with Gasteiger partial charge in [-0.3, -0.25) is 4.68 Å². The summed E-state index contributed by atoms with van der Waals surface area (Å²) in [5.74, 6) is 0. The zero-order valence-electron chi connectivity index (χ0n) is 13.8. The van der Waals surface area contributed by atoms with Gasteiger partial charge in [-0.2, -0.15) is 5.10 Å². The van der Waals surface area contributed by atoms with Gasteiger partial charge in [-0.25, -0.2) is 18.1 Å². The lowest BCUT2D eigenvalue weighted by Crippen LogP contribution is -2.47. The average Bonchev–Trinajstić information content (AvgIpc) is 2.81. The normalized spacial score (nSPS) is 20.2. The van der Waals surface area contributed by atoms with E-state index in [2.05, 4.69) is 26.6 Å². The number of hydrogen-bond acceptors (Lipinski definition) is 5. The molecule has 1 fully saturated rings. The van der Waals surface area contributed by atoms with Gasteiger partial charge in [0.2, 0.25) is 10.0 Å². The second-order valence-electron chi connectivity index (χ2n) is 6.10. The molecule has 7 nitrogen and oxygen atoms in total. The Labute approximate surface area is 136 Å². The van der Waals surface area contributed by atoms with Crippen LogP contribution in [0.2, 0.25) is 0 Å². The number of aryl methyl sites for hydroxylation is 2. The minimum Gasteiger partial charge on any atom is -0.302 e. The molecular formula is C15H23N5O2S. The molecule has 0 radical (unpaired) electrons. The molecule has 23 heavy (non-hydrogen) atoms. The summed E-state index contributed by atoms with van der Waals surface area (Å²) in [6.45, 7) is 6.70. The third-order valence-corrected chi connectivity index (χ3v) is 5.91. The van der Waals surface area contributed by atoms with Crippen molar-refractivity contribution in [3.63, 3.8) is 0 Å². The molecule has 0 spiro atoms. The summed E-state index contributed by atoms with van der Waals surface area (Å²) < 4.78 is 29.8. The van der Waals surface area contributed by atoms with E-state index >= 15 is 0 Å². The number of fused-ring (bicyclic) bond motifs is 1. The zero-order chi connectivity index (χ0) is 16.6. The third kappa shape index (κ3) is 3.24. The Hall–Kier alpha value is -1.51. The predicted molar refractivity (Wildman–Crippen MR) is 88.7 cm³/mol. The number of aromatic nitrogens is 3. The van der Waals surface area contributed by atoms with Crippen LogP contribution in [0.1, 0.15) is 25.5 Å². The maximum atomic E-state index is 12.7. The topological polar surface area (TPSA) is 80.1 Å². The number of hydrogen-bond donors (Lipinski definition) is 1. The number of likely N-dealkylation sites (tertiary alicyclic amines) is 1. The summed E-state index contributed by atoms with van der Waals surface area (Å²) in [5, 5.41) is 5.05. The van der Waals surface area contributed by atoms with Crippen LogP contribution in [0.5, 0.6) is 0 Å². The van der Waals surface area contributed by atoms with Crippen molar-refractivity contribution in [1.29, 1.82) is 0 Å². The Bertz CT molecular complexity index is 815. The molecule has 0 bridgehead atoms. The van der Waals surface area contributed by atoms with E-state index in [1.165, 1.54) is 6.20 Å². The van der Waals surface area contributed by atoms with Crippen molar-refractivity contribution in [3.8, 4) is 0 Å². The molecule has 1 N–H and O–H groups in total. The number of rotatable bonds is 4. The first-order valence-corrected chi connectivity index (χ1v) is 9.43. The number of piperidine rings is 1. The van der Waals surface area contributed by atoms with Gasteiger partial charge in [0.25, 0.3) is 0 Å². The van der Waals surface area contributed by atoms with Crippen LogP contribution in [0.25, 0.3) is 11.0 Å². The fourth-order valence-corrected chi connectivity index (χ4v) is 4.39. The van der Waals surface area contributed by atoms with E-state index in [1.54, 1.807) is 17.8 Å². The molecule has 0 saturated carbocycles. The summed E-state index contributed by atoms with van der Waals surface area (Å²) in [4.78, 5) is 6.73. The van der Waals surface area contributed by atoms with Crippen molar-refractivity contribution in [2.45, 2.75) is 37.6 Å². The number of likely N-dealkylation sites (N-methyl/N-ethyl adjacent to an activating group) is 1. The van der Waals surface area contributed by atoms with Crippen molar-refractivity contribution in [1.82, 2.24) is 24.4 Å². The number of pyridine rings is 1. The minimum absolute atomic E-state index is 0.0422. The largest absolute Gasteiger partial charge is 0.302 e. The highest BCUT2D eigenvalue weighted by molar-refractivity contribution is 7.89. The van der Waals surface area contributed by atoms with Gasteiger partial charge < -0.3 is 4.90 Å². The van der Waals surface area contributed by atoms with E-state index in [9.17, 15) is 8.42 Å². The summed E-state index contributed by atoms with van der Waals surface area (Å²) in [6.07, 6.45) is 3.30. The van der Waals surface area contributed by atoms with E-state index in [1.807, 2.05) is 6.92 Å². The van der Waals surface area contributed by atoms with Gasteiger partial charge in [0, 0.05) is 31.2 Å². The standard InChI is InChI=1S/C15H23N5O2S/c1-4-20-7-5-6-12(10-20)18-23(21,22)13-8-14-11(2)17-19(3)15(14)16-9-13/h8-9,12,18H,4-7,10H2,1-3H3/t12-/m1/s1. The maximum absolute atomic E-state index is 12.7. The van der Waals surface area contributed by atoms with Crippen LogP contribution >= 0.6 is 0 Å². The van der Waals surface area contributed by atoms with Crippen LogP contribution in [0.4, 0.5) is 0 Å². The second-order valence-corrected chi connectivity index (χ2v) is 7.82. The lowest BCUT2D eigenvalue weighted by Gasteiger charge is -2.32. The van der Waals surface area contributed by atoms with Crippen molar-refractivity contribution >= 4 is 21.1 Å². The lowest BCUT2D eigenvalue weighted by molar-refractivity contribution is 0.211. The van der Waals surface area contributed by atoms with Crippen molar-refractivity contribution < 1.29 is 8.42 Å². The predicted octanol–water partition coefficient (Wildman–Crippen LogP) is 1.04. The number of nitrogens with one attached hydrogen (secondary N) is 1. The van der Waals surface area contributed by atoms with E-state index < -0.39 is 10.0 Å². The highest BCUT2D eigenvalue weighted by atomic mass is 32.2. The fraction of sp³-hybridized carbons (Fsp3) is 0.600. The first kappa shape index (κ1) is 16.4. The van der Waals surface area contributed by atoms with E-state index in [0.717, 1.165) is 43.6 Å². The molecule has 126 valence electrons. The molecule has 2 aromatic rings. The van der Waals surface area contributed by atoms with Gasteiger partial charge in [0.05, 0.1) is 5.69 Å². The summed E-state index contributed by atoms with van der Waals surface area (Å²) >= 11 is 0. The minimum atomic E-state index is -3.57. The Morgan fingerprint density at radius 3 is 2.96 bits per heavy atom. The molecule has 3 rings (SSSR count). The van der Waals surface area contributed by atoms with Crippen molar-refractivity contribution in [2.75, 3.05) is 19.6 Å². The van der Waals surface area contributed by atoms with Gasteiger partial charge in [-0.15, -0.1) is 0 Å². The highest BCUT2D eigenvalue weighted by Crippen LogP contribution is 2.20. The summed E-state index contributed by atoms with van der Waals surface area (Å²) in [5.41, 5.74) is 1.47. The maximum Gasteiger partial charge on any atom is 0.242 e. The SMILES string of the molecule is CCN1CCC[C@@H](NS(=O)(=O)c2cnc3c(c2)c(C)nn3C)C1. The van der Waals surface area contributed by atoms with Crippen LogP contribution in [0.3, 0.4) is 0 Å². The van der Waals surface area contributed by atoms with E-state index in [4.69, 9.17) is 0 Å². The fourth-order valence-electron chi connectivity index (χ4n) is 3.16. The molecule has 0 aromatic carbocycles. The molecule has 2 aromatic heterocycles. The van der Waals surface area contributed by atoms with Crippen molar-refractivity contribution in [3.05, 3.63) is 18.0 Å². The monoisotopic (exact) mass is 337 g/mol. The Morgan fingerprint density at radius 1 is 1.43 bits per heavy atom. The Kier molecular flexibility index (Phi) is 4.39. The van der Waals surface area contributed by atoms with Gasteiger partial charge in [0.1, 0.15) is 4.90 Å². The Balaban J connectivity index is 1.86. The van der Waals surface area contributed by atoms with Gasteiger partial charge in [0.15, 0.2) is 5.65 Å². The van der Waals surface area contributed by atoms with Crippen LogP contribution in [0, 0.1) is 6.92 Å². The van der Waals surface area contributed by atoms with Crippen LogP contribution in [-0.4, -0.2) is 53.8 Å². The molecule has 8 heteroatoms. The first-order chi connectivity index (χ1) is 10.9. The molecule has 0 aliphatic carbocycles. The van der Waals surface area contributed by atoms with Crippen LogP contribution in [0.15, 0.2) is 17.2 Å². The average molecular weight is 337 g/mol. The third-order valence-electron chi connectivity index (χ3n) is 4.42. The zero-order valence-corrected chi connectivity index (χ0v) is 14.6. The number of sulfonamides is 1. The molecular weight excluding hydrogens is 314 g/mol. The first-order valence-electron chi connectivity index (χ1n) is 7.94. The van der Waals surface area contributed by atoms with Crippen molar-refractivity contribution in [2.24, 2.45) is 7.05 Å². The molecule has 1 aliphatic heterocycles. The van der Waals surface area contributed by atoms with Gasteiger partial charge in [-0.1, -0.05) is 6.92 Å².